The van der Waals surface area contributed by atoms with Crippen LogP contribution in [0.3, 0.4) is 0 Å². The molecular weight excluding hydrogens is 304 g/mol. The molecular formula is C14H18N4O3S. The number of hydrogen-bond donors (Lipinski definition) is 2. The number of aryl methyl sites for hydroxylation is 1. The molecule has 22 heavy (non-hydrogen) atoms. The zero-order chi connectivity index (χ0) is 16.2. The highest BCUT2D eigenvalue weighted by Gasteiger charge is 2.13. The number of carbonyl (C=O) groups is 1. The first-order valence-corrected chi connectivity index (χ1v) is 8.39. The average molecular weight is 322 g/mol. The van der Waals surface area contributed by atoms with Crippen LogP contribution < -0.4 is 10.0 Å². The molecule has 0 unspecified atom stereocenters. The third kappa shape index (κ3) is 3.71. The number of anilines is 1. The summed E-state index contributed by atoms with van der Waals surface area (Å²) in [5, 5.41) is 6.78. The number of carbonyl (C=O) groups excluding carboxylic acids is 1. The normalized spacial score (nSPS) is 11.4. The molecule has 8 heteroatoms. The summed E-state index contributed by atoms with van der Waals surface area (Å²) in [4.78, 5) is 12.2. The van der Waals surface area contributed by atoms with Crippen LogP contribution in [0.15, 0.2) is 41.4 Å². The number of benzene rings is 1. The van der Waals surface area contributed by atoms with Crippen LogP contribution in [0.2, 0.25) is 0 Å². The van der Waals surface area contributed by atoms with Gasteiger partial charge in [0, 0.05) is 25.0 Å². The molecule has 0 saturated heterocycles. The number of rotatable bonds is 6. The number of nitrogens with zero attached hydrogens (tertiary/aromatic N) is 2. The smallest absolute Gasteiger partial charge is 0.276 e. The molecule has 0 saturated carbocycles. The molecule has 1 heterocycles. The minimum atomic E-state index is -3.49. The molecule has 0 atom stereocenters. The first-order valence-electron chi connectivity index (χ1n) is 6.90. The van der Waals surface area contributed by atoms with Gasteiger partial charge in [0.1, 0.15) is 0 Å². The number of aromatic nitrogens is 2. The molecule has 0 aliphatic rings. The first kappa shape index (κ1) is 16.2. The zero-order valence-electron chi connectivity index (χ0n) is 12.4. The summed E-state index contributed by atoms with van der Waals surface area (Å²) in [7, 11) is -3.49. The van der Waals surface area contributed by atoms with Gasteiger partial charge in [0.05, 0.1) is 4.90 Å². The molecule has 2 N–H and O–H groups in total. The Labute approximate surface area is 129 Å². The lowest BCUT2D eigenvalue weighted by Gasteiger charge is -2.06. The minimum absolute atomic E-state index is 0.155. The molecule has 1 aromatic heterocycles. The molecule has 118 valence electrons. The Balaban J connectivity index is 2.09. The van der Waals surface area contributed by atoms with Crippen LogP contribution >= 0.6 is 0 Å². The highest BCUT2D eigenvalue weighted by atomic mass is 32.2. The summed E-state index contributed by atoms with van der Waals surface area (Å²) in [6.45, 7) is 4.64. The summed E-state index contributed by atoms with van der Waals surface area (Å²) in [5.41, 5.74) is 0.817. The van der Waals surface area contributed by atoms with Crippen LogP contribution in [0.1, 0.15) is 24.3 Å². The lowest BCUT2D eigenvalue weighted by molar-refractivity contribution is 0.102. The summed E-state index contributed by atoms with van der Waals surface area (Å²) in [5.74, 6) is -0.338. The Kier molecular flexibility index (Phi) is 4.94. The van der Waals surface area contributed by atoms with Gasteiger partial charge in [0.15, 0.2) is 5.69 Å². The van der Waals surface area contributed by atoms with Crippen molar-refractivity contribution in [1.29, 1.82) is 0 Å². The molecule has 7 nitrogen and oxygen atoms in total. The second-order valence-corrected chi connectivity index (χ2v) is 6.30. The number of amides is 1. The highest BCUT2D eigenvalue weighted by molar-refractivity contribution is 7.89. The molecule has 0 spiro atoms. The van der Waals surface area contributed by atoms with Gasteiger partial charge in [-0.15, -0.1) is 0 Å². The maximum Gasteiger partial charge on any atom is 0.276 e. The van der Waals surface area contributed by atoms with Gasteiger partial charge in [-0.05, 0) is 37.3 Å². The Morgan fingerprint density at radius 1 is 1.18 bits per heavy atom. The fraction of sp³-hybridized carbons (Fsp3) is 0.286. The van der Waals surface area contributed by atoms with Gasteiger partial charge in [-0.1, -0.05) is 6.92 Å². The fourth-order valence-corrected chi connectivity index (χ4v) is 2.89. The minimum Gasteiger partial charge on any atom is -0.321 e. The number of hydrogen-bond acceptors (Lipinski definition) is 4. The van der Waals surface area contributed by atoms with Crippen molar-refractivity contribution in [2.45, 2.75) is 25.3 Å². The molecule has 0 aliphatic heterocycles. The van der Waals surface area contributed by atoms with Crippen molar-refractivity contribution in [2.24, 2.45) is 0 Å². The van der Waals surface area contributed by atoms with Crippen molar-refractivity contribution >= 4 is 21.6 Å². The van der Waals surface area contributed by atoms with Gasteiger partial charge in [0.25, 0.3) is 5.91 Å². The number of nitrogens with one attached hydrogen (secondary N) is 2. The average Bonchev–Trinajstić information content (AvgIpc) is 2.97. The summed E-state index contributed by atoms with van der Waals surface area (Å²) in [6.07, 6.45) is 1.72. The first-order chi connectivity index (χ1) is 10.5. The van der Waals surface area contributed by atoms with Crippen molar-refractivity contribution in [3.63, 3.8) is 0 Å². The van der Waals surface area contributed by atoms with E-state index in [1.165, 1.54) is 12.1 Å². The Morgan fingerprint density at radius 2 is 1.86 bits per heavy atom. The van der Waals surface area contributed by atoms with Crippen molar-refractivity contribution in [3.8, 4) is 0 Å². The van der Waals surface area contributed by atoms with E-state index in [2.05, 4.69) is 15.1 Å². The summed E-state index contributed by atoms with van der Waals surface area (Å²) in [6, 6.07) is 7.59. The lowest BCUT2D eigenvalue weighted by atomic mass is 10.3. The van der Waals surface area contributed by atoms with Crippen LogP contribution in [0.4, 0.5) is 5.69 Å². The van der Waals surface area contributed by atoms with Crippen LogP contribution in [0.5, 0.6) is 0 Å². The zero-order valence-corrected chi connectivity index (χ0v) is 13.2. The van der Waals surface area contributed by atoms with Crippen molar-refractivity contribution in [1.82, 2.24) is 14.5 Å². The maximum absolute atomic E-state index is 12.0. The summed E-state index contributed by atoms with van der Waals surface area (Å²) >= 11 is 0. The second kappa shape index (κ2) is 6.71. The van der Waals surface area contributed by atoms with E-state index in [0.717, 1.165) is 0 Å². The van der Waals surface area contributed by atoms with Crippen LogP contribution in [-0.2, 0) is 16.6 Å². The predicted octanol–water partition coefficient (Wildman–Crippen LogP) is 1.45. The lowest BCUT2D eigenvalue weighted by Crippen LogP contribution is -2.23. The molecule has 2 rings (SSSR count). The second-order valence-electron chi connectivity index (χ2n) is 4.54. The molecule has 2 aromatic rings. The molecule has 0 aliphatic carbocycles. The van der Waals surface area contributed by atoms with E-state index in [1.807, 2.05) is 6.92 Å². The molecule has 1 amide bonds. The Hall–Kier alpha value is -2.19. The van der Waals surface area contributed by atoms with Crippen molar-refractivity contribution in [2.75, 3.05) is 11.9 Å². The standard InChI is InChI=1S/C14H18N4O3S/c1-3-15-22(20,21)12-7-5-11(6-8-12)16-14(19)13-9-10-18(4-2)17-13/h5-10,15H,3-4H2,1-2H3,(H,16,19). The van der Waals surface area contributed by atoms with E-state index >= 15 is 0 Å². The van der Waals surface area contributed by atoms with E-state index in [-0.39, 0.29) is 10.8 Å². The van der Waals surface area contributed by atoms with Crippen LogP contribution in [0, 0.1) is 0 Å². The molecule has 0 fully saturated rings. The van der Waals surface area contributed by atoms with Gasteiger partial charge in [-0.3, -0.25) is 9.48 Å². The maximum atomic E-state index is 12.0. The largest absolute Gasteiger partial charge is 0.321 e. The van der Waals surface area contributed by atoms with E-state index in [1.54, 1.807) is 36.0 Å². The Bertz CT molecular complexity index is 751. The van der Waals surface area contributed by atoms with E-state index in [4.69, 9.17) is 0 Å². The van der Waals surface area contributed by atoms with Crippen molar-refractivity contribution < 1.29 is 13.2 Å². The van der Waals surface area contributed by atoms with E-state index < -0.39 is 10.0 Å². The topological polar surface area (TPSA) is 93.1 Å². The van der Waals surface area contributed by atoms with Gasteiger partial charge >= 0.3 is 0 Å². The quantitative estimate of drug-likeness (QED) is 0.842. The fourth-order valence-electron chi connectivity index (χ4n) is 1.84. The third-order valence-corrected chi connectivity index (χ3v) is 4.52. The molecule has 1 aromatic carbocycles. The Morgan fingerprint density at radius 3 is 2.41 bits per heavy atom. The van der Waals surface area contributed by atoms with Gasteiger partial charge in [-0.25, -0.2) is 13.1 Å². The van der Waals surface area contributed by atoms with Gasteiger partial charge in [0.2, 0.25) is 10.0 Å². The van der Waals surface area contributed by atoms with Gasteiger partial charge in [-0.2, -0.15) is 5.10 Å². The van der Waals surface area contributed by atoms with Crippen LogP contribution in [0.25, 0.3) is 0 Å². The number of sulfonamides is 1. The van der Waals surface area contributed by atoms with E-state index in [9.17, 15) is 13.2 Å². The van der Waals surface area contributed by atoms with Crippen molar-refractivity contribution in [3.05, 3.63) is 42.2 Å². The SMILES string of the molecule is CCNS(=O)(=O)c1ccc(NC(=O)c2ccn(CC)n2)cc1. The highest BCUT2D eigenvalue weighted by Crippen LogP contribution is 2.14. The third-order valence-electron chi connectivity index (χ3n) is 2.95. The monoisotopic (exact) mass is 322 g/mol. The molecule has 0 radical (unpaired) electrons. The van der Waals surface area contributed by atoms with Gasteiger partial charge < -0.3 is 5.32 Å². The predicted molar refractivity (Wildman–Crippen MR) is 83.2 cm³/mol. The van der Waals surface area contributed by atoms with E-state index in [0.29, 0.717) is 24.5 Å². The van der Waals surface area contributed by atoms with Crippen LogP contribution in [-0.4, -0.2) is 30.7 Å². The molecule has 0 bridgehead atoms. The summed E-state index contributed by atoms with van der Waals surface area (Å²) < 4.78 is 27.7.